The van der Waals surface area contributed by atoms with Crippen molar-refractivity contribution in [3.8, 4) is 0 Å². The Morgan fingerprint density at radius 2 is 2.18 bits per heavy atom. The third-order valence-electron chi connectivity index (χ3n) is 1.30. The first kappa shape index (κ1) is 6.82. The molecule has 0 radical (unpaired) electrons. The molecule has 0 atom stereocenters. The lowest BCUT2D eigenvalue weighted by Gasteiger charge is -2.00. The minimum Gasteiger partial charge on any atom is -0.225 e. The first-order valence-electron chi connectivity index (χ1n) is 3.52. The van der Waals surface area contributed by atoms with E-state index in [-0.39, 0.29) is 10.9 Å². The molecule has 2 N–H and O–H groups in total. The molecule has 11 heavy (non-hydrogen) atoms. The van der Waals surface area contributed by atoms with Crippen molar-refractivity contribution in [1.29, 1.82) is 0 Å². The van der Waals surface area contributed by atoms with Crippen molar-refractivity contribution < 1.29 is 9.79 Å². The van der Waals surface area contributed by atoms with Gasteiger partial charge in [-0.05, 0) is 18.5 Å². The van der Waals surface area contributed by atoms with Gasteiger partial charge in [-0.2, -0.15) is 0 Å². The molecule has 0 fully saturated rings. The summed E-state index contributed by atoms with van der Waals surface area (Å²) in [5, 5.41) is 4.91. The van der Waals surface area contributed by atoms with Crippen molar-refractivity contribution >= 4 is 10.0 Å². The smallest absolute Gasteiger partial charge is 0.225 e. The second-order valence-electron chi connectivity index (χ2n) is 2.23. The van der Waals surface area contributed by atoms with Gasteiger partial charge in [0.15, 0.2) is 0 Å². The maximum absolute atomic E-state index is 10.9. The molecule has 0 amide bonds. The van der Waals surface area contributed by atoms with Gasteiger partial charge in [-0.15, -0.1) is 0 Å². The molecule has 0 aliphatic rings. The van der Waals surface area contributed by atoms with Crippen LogP contribution in [0.3, 0.4) is 0 Å². The molecule has 1 aromatic rings. The first-order valence-corrected chi connectivity index (χ1v) is 4.56. The summed E-state index contributed by atoms with van der Waals surface area (Å²) in [5.41, 5.74) is 0.505. The molecule has 0 spiro atoms. The van der Waals surface area contributed by atoms with Crippen molar-refractivity contribution in [3.63, 3.8) is 0 Å². The fraction of sp³-hybridized carbons (Fsp3) is 0.143. The third-order valence-corrected chi connectivity index (χ3v) is 2.31. The summed E-state index contributed by atoms with van der Waals surface area (Å²) in [7, 11) is -3.75. The molecule has 1 aromatic carbocycles. The van der Waals surface area contributed by atoms with Crippen LogP contribution in [0.25, 0.3) is 0 Å². The number of nitrogens with two attached hydrogens (primary N) is 1. The number of primary sulfonamides is 1. The maximum atomic E-state index is 10.9. The van der Waals surface area contributed by atoms with E-state index in [4.69, 9.17) is 6.51 Å². The van der Waals surface area contributed by atoms with Crippen LogP contribution < -0.4 is 5.14 Å². The highest BCUT2D eigenvalue weighted by molar-refractivity contribution is 7.89. The van der Waals surface area contributed by atoms with Crippen LogP contribution in [0.2, 0.25) is 0 Å². The molecular formula is C7H9NO2S. The van der Waals surface area contributed by atoms with Gasteiger partial charge in [-0.3, -0.25) is 0 Å². The van der Waals surface area contributed by atoms with E-state index in [1.165, 1.54) is 6.07 Å². The quantitative estimate of drug-likeness (QED) is 0.675. The Labute approximate surface area is 67.3 Å². The summed E-state index contributed by atoms with van der Waals surface area (Å²) in [6, 6.07) is 4.56. The molecule has 60 valence electrons. The van der Waals surface area contributed by atoms with Crippen LogP contribution in [-0.2, 0) is 10.0 Å². The summed E-state index contributed by atoms with van der Waals surface area (Å²) < 4.78 is 29.2. The lowest BCUT2D eigenvalue weighted by Crippen LogP contribution is -2.13. The highest BCUT2D eigenvalue weighted by Gasteiger charge is 2.08. The highest BCUT2D eigenvalue weighted by atomic mass is 32.2. The number of rotatable bonds is 1. The van der Waals surface area contributed by atoms with Gasteiger partial charge >= 0.3 is 0 Å². The lowest BCUT2D eigenvalue weighted by atomic mass is 10.2. The van der Waals surface area contributed by atoms with Gasteiger partial charge in [0.2, 0.25) is 10.0 Å². The zero-order valence-corrected chi connectivity index (χ0v) is 6.85. The highest BCUT2D eigenvalue weighted by Crippen LogP contribution is 2.10. The van der Waals surface area contributed by atoms with Crippen LogP contribution in [0.15, 0.2) is 29.1 Å². The zero-order chi connectivity index (χ0) is 9.35. The molecule has 0 saturated carbocycles. The van der Waals surface area contributed by atoms with Crippen molar-refractivity contribution in [3.05, 3.63) is 29.8 Å². The van der Waals surface area contributed by atoms with Gasteiger partial charge in [0.1, 0.15) is 0 Å². The Balaban J connectivity index is 3.53. The molecule has 0 bridgehead atoms. The molecule has 0 heterocycles. The summed E-state index contributed by atoms with van der Waals surface area (Å²) in [6.07, 6.45) is 0. The van der Waals surface area contributed by atoms with Crippen LogP contribution in [0, 0.1) is 6.92 Å². The van der Waals surface area contributed by atoms with Crippen LogP contribution in [0.1, 0.15) is 6.93 Å². The second kappa shape index (κ2) is 2.64. The second-order valence-corrected chi connectivity index (χ2v) is 3.73. The Kier molecular flexibility index (Phi) is 1.63. The molecule has 0 aromatic heterocycles. The van der Waals surface area contributed by atoms with Crippen molar-refractivity contribution in [2.24, 2.45) is 5.14 Å². The van der Waals surface area contributed by atoms with Gasteiger partial charge in [0.05, 0.1) is 6.27 Å². The predicted octanol–water partition coefficient (Wildman–Crippen LogP) is 0.642. The Morgan fingerprint density at radius 3 is 2.55 bits per heavy atom. The molecule has 4 heteroatoms. The van der Waals surface area contributed by atoms with Gasteiger partial charge in [-0.25, -0.2) is 13.6 Å². The number of hydrogen-bond donors (Lipinski definition) is 1. The van der Waals surface area contributed by atoms with Crippen molar-refractivity contribution in [1.82, 2.24) is 0 Å². The molecule has 3 nitrogen and oxygen atoms in total. The summed E-state index contributed by atoms with van der Waals surface area (Å²) in [4.78, 5) is -0.0926. The minimum absolute atomic E-state index is 0.0579. The monoisotopic (exact) mass is 172 g/mol. The van der Waals surface area contributed by atoms with E-state index in [2.05, 4.69) is 0 Å². The fourth-order valence-electron chi connectivity index (χ4n) is 0.812. The van der Waals surface area contributed by atoms with Crippen molar-refractivity contribution in [2.75, 3.05) is 0 Å². The van der Waals surface area contributed by atoms with Crippen LogP contribution in [-0.4, -0.2) is 8.42 Å². The van der Waals surface area contributed by atoms with E-state index in [0.717, 1.165) is 0 Å². The Hall–Kier alpha value is -0.870. The molecule has 0 unspecified atom stereocenters. The first-order chi connectivity index (χ1) is 5.43. The Morgan fingerprint density at radius 1 is 1.55 bits per heavy atom. The zero-order valence-electron chi connectivity index (χ0n) is 7.03. The van der Waals surface area contributed by atoms with Crippen LogP contribution >= 0.6 is 0 Å². The number of hydrogen-bond acceptors (Lipinski definition) is 2. The third kappa shape index (κ3) is 1.78. The molecular weight excluding hydrogens is 162 g/mol. The topological polar surface area (TPSA) is 60.2 Å². The minimum atomic E-state index is -3.75. The standard InChI is InChI=1S/C7H9NO2S/c1-6-4-2-3-5-7(6)11(8,9)10/h2-5H,1H3,(H2,8,9,10)/i5D. The normalized spacial score (nSPS) is 12.7. The lowest BCUT2D eigenvalue weighted by molar-refractivity contribution is 0.597. The van der Waals surface area contributed by atoms with Gasteiger partial charge in [0.25, 0.3) is 0 Å². The maximum Gasteiger partial charge on any atom is 0.238 e. The largest absolute Gasteiger partial charge is 0.238 e. The number of sulfonamides is 1. The van der Waals surface area contributed by atoms with E-state index < -0.39 is 10.0 Å². The summed E-state index contributed by atoms with van der Waals surface area (Å²) in [5.74, 6) is 0. The van der Waals surface area contributed by atoms with Crippen LogP contribution in [0.4, 0.5) is 0 Å². The van der Waals surface area contributed by atoms with Gasteiger partial charge < -0.3 is 0 Å². The van der Waals surface area contributed by atoms with E-state index in [1.54, 1.807) is 19.1 Å². The SMILES string of the molecule is [2H]c1cccc(C)c1S(N)(=O)=O. The molecule has 0 aliphatic heterocycles. The number of benzene rings is 1. The summed E-state index contributed by atoms with van der Waals surface area (Å²) in [6.45, 7) is 1.61. The molecule has 0 saturated heterocycles. The predicted molar refractivity (Wildman–Crippen MR) is 42.6 cm³/mol. The van der Waals surface area contributed by atoms with E-state index >= 15 is 0 Å². The summed E-state index contributed by atoms with van der Waals surface area (Å²) >= 11 is 0. The van der Waals surface area contributed by atoms with Crippen LogP contribution in [0.5, 0.6) is 0 Å². The van der Waals surface area contributed by atoms with E-state index in [1.807, 2.05) is 0 Å². The average molecular weight is 172 g/mol. The molecule has 0 aliphatic carbocycles. The van der Waals surface area contributed by atoms with E-state index in [9.17, 15) is 8.42 Å². The van der Waals surface area contributed by atoms with Gasteiger partial charge in [0, 0.05) is 0 Å². The number of aryl methyl sites for hydroxylation is 1. The van der Waals surface area contributed by atoms with E-state index in [0.29, 0.717) is 5.56 Å². The average Bonchev–Trinajstić information content (AvgIpc) is 1.82. The van der Waals surface area contributed by atoms with Crippen molar-refractivity contribution in [2.45, 2.75) is 11.8 Å². The fourth-order valence-corrected chi connectivity index (χ4v) is 1.56. The molecule has 1 rings (SSSR count). The van der Waals surface area contributed by atoms with Gasteiger partial charge in [-0.1, -0.05) is 18.2 Å². The Bertz CT molecular complexity index is 380.